The maximum Gasteiger partial charge on any atom is 0.165 e. The number of benzene rings is 1. The molecule has 0 spiro atoms. The van der Waals surface area contributed by atoms with E-state index in [4.69, 9.17) is 10.5 Å². The smallest absolute Gasteiger partial charge is 0.165 e. The van der Waals surface area contributed by atoms with Crippen molar-refractivity contribution in [2.45, 2.75) is 18.9 Å². The molecule has 3 nitrogen and oxygen atoms in total. The van der Waals surface area contributed by atoms with E-state index in [9.17, 15) is 9.50 Å². The Hall–Kier alpha value is -0.360. The Labute approximate surface area is 120 Å². The summed E-state index contributed by atoms with van der Waals surface area (Å²) < 4.78 is 19.3. The first kappa shape index (κ1) is 15.7. The lowest BCUT2D eigenvalue weighted by Crippen LogP contribution is -2.27. The van der Waals surface area contributed by atoms with Crippen molar-refractivity contribution in [3.8, 4) is 5.75 Å². The third kappa shape index (κ3) is 3.15. The SMILES string of the molecule is Cl.N[C@H](c1c(Br)ccc(F)c1O)C1CCOCC1. The van der Waals surface area contributed by atoms with E-state index in [2.05, 4.69) is 15.9 Å². The van der Waals surface area contributed by atoms with Crippen molar-refractivity contribution in [1.82, 2.24) is 0 Å². The van der Waals surface area contributed by atoms with Gasteiger partial charge in [-0.2, -0.15) is 0 Å². The van der Waals surface area contributed by atoms with Gasteiger partial charge in [-0.25, -0.2) is 4.39 Å². The molecule has 6 heteroatoms. The summed E-state index contributed by atoms with van der Waals surface area (Å²) in [6.45, 7) is 1.35. The van der Waals surface area contributed by atoms with E-state index in [1.165, 1.54) is 6.07 Å². The number of ether oxygens (including phenoxy) is 1. The van der Waals surface area contributed by atoms with Gasteiger partial charge in [-0.15, -0.1) is 12.4 Å². The van der Waals surface area contributed by atoms with E-state index < -0.39 is 5.82 Å². The normalized spacial score (nSPS) is 18.2. The van der Waals surface area contributed by atoms with E-state index >= 15 is 0 Å². The number of hydrogen-bond acceptors (Lipinski definition) is 3. The molecule has 0 unspecified atom stereocenters. The van der Waals surface area contributed by atoms with E-state index in [1.807, 2.05) is 0 Å². The molecule has 0 bridgehead atoms. The fraction of sp³-hybridized carbons (Fsp3) is 0.500. The largest absolute Gasteiger partial charge is 0.505 e. The minimum absolute atomic E-state index is 0. The van der Waals surface area contributed by atoms with Crippen LogP contribution in [0.1, 0.15) is 24.4 Å². The molecule has 0 amide bonds. The summed E-state index contributed by atoms with van der Waals surface area (Å²) in [5.41, 5.74) is 6.58. The van der Waals surface area contributed by atoms with Gasteiger partial charge < -0.3 is 15.6 Å². The molecule has 0 aliphatic carbocycles. The Bertz CT molecular complexity index is 413. The van der Waals surface area contributed by atoms with Crippen LogP contribution in [0.3, 0.4) is 0 Å². The van der Waals surface area contributed by atoms with Crippen LogP contribution >= 0.6 is 28.3 Å². The van der Waals surface area contributed by atoms with Gasteiger partial charge in [0.1, 0.15) is 0 Å². The third-order valence-corrected chi connectivity index (χ3v) is 3.91. The van der Waals surface area contributed by atoms with Gasteiger partial charge in [0, 0.05) is 29.3 Å². The van der Waals surface area contributed by atoms with Gasteiger partial charge >= 0.3 is 0 Å². The second kappa shape index (κ2) is 6.70. The Morgan fingerprint density at radius 1 is 1.39 bits per heavy atom. The van der Waals surface area contributed by atoms with Crippen molar-refractivity contribution in [1.29, 1.82) is 0 Å². The maximum atomic E-state index is 13.3. The zero-order valence-corrected chi connectivity index (χ0v) is 12.1. The number of phenolic OH excluding ortho intramolecular Hbond substituents is 1. The molecule has 0 saturated carbocycles. The first-order chi connectivity index (χ1) is 8.11. The monoisotopic (exact) mass is 339 g/mol. The van der Waals surface area contributed by atoms with Crippen LogP contribution in [0.5, 0.6) is 5.75 Å². The van der Waals surface area contributed by atoms with Crippen LogP contribution in [0, 0.1) is 11.7 Å². The van der Waals surface area contributed by atoms with Crippen molar-refractivity contribution in [2.24, 2.45) is 11.7 Å². The average Bonchev–Trinajstić information content (AvgIpc) is 2.35. The molecule has 1 aliphatic rings. The zero-order valence-electron chi connectivity index (χ0n) is 9.73. The standard InChI is InChI=1S/C12H15BrFNO2.ClH/c13-8-1-2-9(14)12(16)10(8)11(15)7-3-5-17-6-4-7;/h1-2,7,11,16H,3-6,15H2;1H/t11-;/m0./s1. The number of halogens is 3. The summed E-state index contributed by atoms with van der Waals surface area (Å²) in [6, 6.07) is 2.42. The van der Waals surface area contributed by atoms with Gasteiger partial charge in [-0.05, 0) is 30.9 Å². The molecule has 18 heavy (non-hydrogen) atoms. The van der Waals surface area contributed by atoms with E-state index in [-0.39, 0.29) is 30.1 Å². The third-order valence-electron chi connectivity index (χ3n) is 3.22. The lowest BCUT2D eigenvalue weighted by atomic mass is 9.87. The number of nitrogens with two attached hydrogens (primary N) is 1. The predicted molar refractivity (Wildman–Crippen MR) is 73.5 cm³/mol. The number of aromatic hydroxyl groups is 1. The van der Waals surface area contributed by atoms with Crippen LogP contribution in [0.25, 0.3) is 0 Å². The van der Waals surface area contributed by atoms with Crippen LogP contribution in [0.2, 0.25) is 0 Å². The summed E-state index contributed by atoms with van der Waals surface area (Å²) in [6.07, 6.45) is 1.67. The van der Waals surface area contributed by atoms with Gasteiger partial charge in [0.25, 0.3) is 0 Å². The minimum Gasteiger partial charge on any atom is -0.505 e. The molecule has 1 heterocycles. The summed E-state index contributed by atoms with van der Waals surface area (Å²) in [5, 5.41) is 9.76. The summed E-state index contributed by atoms with van der Waals surface area (Å²) in [4.78, 5) is 0. The minimum atomic E-state index is -0.634. The molecule has 1 aromatic carbocycles. The molecule has 1 saturated heterocycles. The highest BCUT2D eigenvalue weighted by Gasteiger charge is 2.27. The highest BCUT2D eigenvalue weighted by Crippen LogP contribution is 2.38. The quantitative estimate of drug-likeness (QED) is 0.869. The molecule has 102 valence electrons. The van der Waals surface area contributed by atoms with Gasteiger partial charge in [0.2, 0.25) is 0 Å². The Morgan fingerprint density at radius 3 is 2.61 bits per heavy atom. The maximum absolute atomic E-state index is 13.3. The Balaban J connectivity index is 0.00000162. The topological polar surface area (TPSA) is 55.5 Å². The zero-order chi connectivity index (χ0) is 12.4. The molecule has 0 radical (unpaired) electrons. The Kier molecular flexibility index (Phi) is 5.85. The molecule has 3 N–H and O–H groups in total. The first-order valence-electron chi connectivity index (χ1n) is 5.61. The molecule has 1 fully saturated rings. The van der Waals surface area contributed by atoms with Crippen LogP contribution < -0.4 is 5.73 Å². The van der Waals surface area contributed by atoms with Crippen LogP contribution in [0.15, 0.2) is 16.6 Å². The summed E-state index contributed by atoms with van der Waals surface area (Å²) in [5.74, 6) is -0.767. The number of hydrogen-bond donors (Lipinski definition) is 2. The van der Waals surface area contributed by atoms with Gasteiger partial charge in [0.05, 0.1) is 0 Å². The highest BCUT2D eigenvalue weighted by molar-refractivity contribution is 9.10. The Morgan fingerprint density at radius 2 is 2.00 bits per heavy atom. The van der Waals surface area contributed by atoms with Crippen LogP contribution in [0.4, 0.5) is 4.39 Å². The fourth-order valence-electron chi connectivity index (χ4n) is 2.18. The lowest BCUT2D eigenvalue weighted by molar-refractivity contribution is 0.0580. The van der Waals surface area contributed by atoms with E-state index in [0.29, 0.717) is 23.2 Å². The van der Waals surface area contributed by atoms with Crippen molar-refractivity contribution >= 4 is 28.3 Å². The van der Waals surface area contributed by atoms with Gasteiger partial charge in [0.15, 0.2) is 11.6 Å². The number of rotatable bonds is 2. The van der Waals surface area contributed by atoms with Crippen molar-refractivity contribution in [3.05, 3.63) is 28.0 Å². The van der Waals surface area contributed by atoms with E-state index in [1.54, 1.807) is 6.07 Å². The molecule has 1 aliphatic heterocycles. The van der Waals surface area contributed by atoms with Crippen molar-refractivity contribution in [2.75, 3.05) is 13.2 Å². The van der Waals surface area contributed by atoms with Crippen LogP contribution in [-0.2, 0) is 4.74 Å². The highest BCUT2D eigenvalue weighted by atomic mass is 79.9. The van der Waals surface area contributed by atoms with Crippen LogP contribution in [-0.4, -0.2) is 18.3 Å². The number of phenols is 1. The van der Waals surface area contributed by atoms with E-state index in [0.717, 1.165) is 12.8 Å². The first-order valence-corrected chi connectivity index (χ1v) is 6.40. The van der Waals surface area contributed by atoms with Crippen molar-refractivity contribution in [3.63, 3.8) is 0 Å². The summed E-state index contributed by atoms with van der Waals surface area (Å²) >= 11 is 3.31. The van der Waals surface area contributed by atoms with Gasteiger partial charge in [-0.3, -0.25) is 0 Å². The molecule has 0 aromatic heterocycles. The molecular weight excluding hydrogens is 324 g/mol. The fourth-order valence-corrected chi connectivity index (χ4v) is 2.77. The van der Waals surface area contributed by atoms with Crippen molar-refractivity contribution < 1.29 is 14.2 Å². The lowest BCUT2D eigenvalue weighted by Gasteiger charge is -2.28. The average molecular weight is 341 g/mol. The molecule has 2 rings (SSSR count). The summed E-state index contributed by atoms with van der Waals surface area (Å²) in [7, 11) is 0. The van der Waals surface area contributed by atoms with Gasteiger partial charge in [-0.1, -0.05) is 15.9 Å². The molecule has 1 atom stereocenters. The predicted octanol–water partition coefficient (Wildman–Crippen LogP) is 3.14. The second-order valence-electron chi connectivity index (χ2n) is 4.27. The molecule has 1 aromatic rings. The second-order valence-corrected chi connectivity index (χ2v) is 5.12. The molecular formula is C12H16BrClFNO2.